The van der Waals surface area contributed by atoms with E-state index in [0.29, 0.717) is 4.77 Å². The zero-order valence-corrected chi connectivity index (χ0v) is 10.6. The lowest BCUT2D eigenvalue weighted by molar-refractivity contribution is 0.784. The number of nitrogens with one attached hydrogen (secondary N) is 2. The molecule has 1 aliphatic rings. The van der Waals surface area contributed by atoms with Crippen molar-refractivity contribution in [3.63, 3.8) is 0 Å². The Hall–Kier alpha value is -1.82. The van der Waals surface area contributed by atoms with Crippen molar-refractivity contribution in [1.82, 2.24) is 19.9 Å². The molecule has 0 unspecified atom stereocenters. The average molecular weight is 259 g/mol. The van der Waals surface area contributed by atoms with Crippen molar-refractivity contribution in [1.29, 1.82) is 0 Å². The van der Waals surface area contributed by atoms with E-state index in [4.69, 9.17) is 12.2 Å². The molecule has 2 aromatic rings. The molecule has 3 heterocycles. The lowest BCUT2D eigenvalue weighted by Gasteiger charge is -2.11. The van der Waals surface area contributed by atoms with Gasteiger partial charge in [-0.25, -0.2) is 4.98 Å². The number of hydrogen-bond acceptors (Lipinski definition) is 5. The maximum absolute atomic E-state index is 5.17. The van der Waals surface area contributed by atoms with E-state index in [1.54, 1.807) is 18.6 Å². The van der Waals surface area contributed by atoms with Crippen molar-refractivity contribution >= 4 is 18.0 Å². The molecule has 5 nitrogen and oxygen atoms in total. The largest absolute Gasteiger partial charge is 0.370 e. The van der Waals surface area contributed by atoms with Crippen molar-refractivity contribution in [2.75, 3.05) is 11.9 Å². The first-order valence-electron chi connectivity index (χ1n) is 5.98. The number of rotatable bonds is 1. The van der Waals surface area contributed by atoms with Crippen molar-refractivity contribution < 1.29 is 0 Å². The zero-order chi connectivity index (χ0) is 12.4. The Morgan fingerprint density at radius 3 is 3.00 bits per heavy atom. The van der Waals surface area contributed by atoms with Gasteiger partial charge in [-0.05, 0) is 31.5 Å². The highest BCUT2D eigenvalue weighted by Crippen LogP contribution is 2.27. The molecule has 1 aliphatic heterocycles. The summed E-state index contributed by atoms with van der Waals surface area (Å²) in [7, 11) is 0. The molecule has 18 heavy (non-hydrogen) atoms. The second kappa shape index (κ2) is 4.81. The van der Waals surface area contributed by atoms with E-state index in [0.717, 1.165) is 48.6 Å². The fourth-order valence-corrected chi connectivity index (χ4v) is 2.36. The van der Waals surface area contributed by atoms with Crippen LogP contribution in [-0.2, 0) is 6.42 Å². The Morgan fingerprint density at radius 2 is 2.17 bits per heavy atom. The number of nitrogens with zero attached hydrogens (tertiary/aromatic N) is 3. The zero-order valence-electron chi connectivity index (χ0n) is 9.81. The van der Waals surface area contributed by atoms with Crippen LogP contribution in [-0.4, -0.2) is 26.5 Å². The van der Waals surface area contributed by atoms with Crippen molar-refractivity contribution in [2.24, 2.45) is 0 Å². The highest BCUT2D eigenvalue weighted by molar-refractivity contribution is 7.71. The van der Waals surface area contributed by atoms with E-state index >= 15 is 0 Å². The summed E-state index contributed by atoms with van der Waals surface area (Å²) in [6.07, 6.45) is 8.35. The van der Waals surface area contributed by atoms with Gasteiger partial charge in [-0.3, -0.25) is 9.97 Å². The van der Waals surface area contributed by atoms with Crippen LogP contribution >= 0.6 is 12.2 Å². The summed E-state index contributed by atoms with van der Waals surface area (Å²) in [6.45, 7) is 0.943. The van der Waals surface area contributed by atoms with Crippen LogP contribution in [0.2, 0.25) is 0 Å². The van der Waals surface area contributed by atoms with Crippen LogP contribution in [0.5, 0.6) is 0 Å². The average Bonchev–Trinajstić information content (AvgIpc) is 2.64. The fraction of sp³-hybridized carbons (Fsp3) is 0.333. The molecule has 6 heteroatoms. The first-order valence-corrected chi connectivity index (χ1v) is 6.39. The Bertz CT molecular complexity index is 608. The first kappa shape index (κ1) is 11.3. The summed E-state index contributed by atoms with van der Waals surface area (Å²) in [5, 5.41) is 3.33. The van der Waals surface area contributed by atoms with Gasteiger partial charge in [0.25, 0.3) is 0 Å². The van der Waals surface area contributed by atoms with Gasteiger partial charge < -0.3 is 10.3 Å². The number of hydrogen-bond donors (Lipinski definition) is 2. The van der Waals surface area contributed by atoms with Crippen molar-refractivity contribution in [2.45, 2.75) is 19.3 Å². The second-order valence-electron chi connectivity index (χ2n) is 4.22. The minimum Gasteiger partial charge on any atom is -0.370 e. The molecule has 0 saturated carbocycles. The summed E-state index contributed by atoms with van der Waals surface area (Å²) in [4.78, 5) is 15.9. The van der Waals surface area contributed by atoms with Crippen LogP contribution in [0.4, 0.5) is 5.82 Å². The molecule has 2 N–H and O–H groups in total. The fourth-order valence-electron chi connectivity index (χ4n) is 2.17. The van der Waals surface area contributed by atoms with Gasteiger partial charge in [-0.15, -0.1) is 0 Å². The Morgan fingerprint density at radius 1 is 1.22 bits per heavy atom. The van der Waals surface area contributed by atoms with E-state index < -0.39 is 0 Å². The smallest absolute Gasteiger partial charge is 0.199 e. The quantitative estimate of drug-likeness (QED) is 0.769. The molecular formula is C12H13N5S. The minimum atomic E-state index is 0.476. The summed E-state index contributed by atoms with van der Waals surface area (Å²) in [5.74, 6) is 0.886. The van der Waals surface area contributed by atoms with E-state index in [-0.39, 0.29) is 0 Å². The van der Waals surface area contributed by atoms with Gasteiger partial charge in [0.1, 0.15) is 11.5 Å². The molecule has 0 radical (unpaired) electrons. The van der Waals surface area contributed by atoms with Crippen LogP contribution in [0, 0.1) is 4.77 Å². The van der Waals surface area contributed by atoms with Crippen LogP contribution < -0.4 is 5.32 Å². The molecule has 0 spiro atoms. The number of aromatic amines is 1. The third-order valence-electron chi connectivity index (χ3n) is 3.00. The van der Waals surface area contributed by atoms with Crippen LogP contribution in [0.1, 0.15) is 18.4 Å². The van der Waals surface area contributed by atoms with Gasteiger partial charge in [-0.2, -0.15) is 0 Å². The molecule has 0 atom stereocenters. The van der Waals surface area contributed by atoms with Gasteiger partial charge in [0.05, 0.1) is 11.9 Å². The molecule has 0 fully saturated rings. The van der Waals surface area contributed by atoms with E-state index in [1.165, 1.54) is 0 Å². The summed E-state index contributed by atoms with van der Waals surface area (Å²) >= 11 is 5.17. The maximum atomic E-state index is 5.17. The molecule has 0 aliphatic carbocycles. The predicted molar refractivity (Wildman–Crippen MR) is 71.9 cm³/mol. The topological polar surface area (TPSA) is 66.5 Å². The van der Waals surface area contributed by atoms with Crippen molar-refractivity contribution in [3.8, 4) is 11.4 Å². The molecule has 0 saturated heterocycles. The van der Waals surface area contributed by atoms with E-state index in [1.807, 2.05) is 0 Å². The molecule has 92 valence electrons. The lowest BCUT2D eigenvalue weighted by Crippen LogP contribution is -2.05. The summed E-state index contributed by atoms with van der Waals surface area (Å²) in [6, 6.07) is 0. The Balaban J connectivity index is 2.20. The standard InChI is InChI=1S/C12H13N5S/c18-12-16-10(9-7-13-5-6-14-9)8-3-1-2-4-15-11(8)17-12/h5-7H,1-4H2,(H2,15,16,17,18). The number of anilines is 1. The summed E-state index contributed by atoms with van der Waals surface area (Å²) in [5.41, 5.74) is 2.90. The first-order chi connectivity index (χ1) is 8.84. The van der Waals surface area contributed by atoms with Gasteiger partial charge >= 0.3 is 0 Å². The van der Waals surface area contributed by atoms with Gasteiger partial charge in [0, 0.05) is 24.5 Å². The molecule has 0 aromatic carbocycles. The second-order valence-corrected chi connectivity index (χ2v) is 4.61. The minimum absolute atomic E-state index is 0.476. The normalized spacial score (nSPS) is 14.4. The third kappa shape index (κ3) is 2.11. The highest BCUT2D eigenvalue weighted by Gasteiger charge is 2.15. The maximum Gasteiger partial charge on any atom is 0.199 e. The third-order valence-corrected chi connectivity index (χ3v) is 3.19. The Kier molecular flexibility index (Phi) is 3.02. The monoisotopic (exact) mass is 259 g/mol. The molecule has 0 amide bonds. The molecular weight excluding hydrogens is 246 g/mol. The van der Waals surface area contributed by atoms with Gasteiger partial charge in [0.2, 0.25) is 0 Å². The number of fused-ring (bicyclic) bond motifs is 1. The van der Waals surface area contributed by atoms with Gasteiger partial charge in [0.15, 0.2) is 4.77 Å². The van der Waals surface area contributed by atoms with E-state index in [2.05, 4.69) is 25.3 Å². The molecule has 2 aromatic heterocycles. The lowest BCUT2D eigenvalue weighted by atomic mass is 10.1. The van der Waals surface area contributed by atoms with Gasteiger partial charge in [-0.1, -0.05) is 0 Å². The van der Waals surface area contributed by atoms with E-state index in [9.17, 15) is 0 Å². The van der Waals surface area contributed by atoms with Crippen LogP contribution in [0.3, 0.4) is 0 Å². The number of H-pyrrole nitrogens is 1. The molecule has 0 bridgehead atoms. The summed E-state index contributed by atoms with van der Waals surface area (Å²) < 4.78 is 0.476. The number of aromatic nitrogens is 4. The van der Waals surface area contributed by atoms with Crippen LogP contribution in [0.15, 0.2) is 18.6 Å². The predicted octanol–water partition coefficient (Wildman–Crippen LogP) is 2.34. The molecule has 3 rings (SSSR count). The van der Waals surface area contributed by atoms with Crippen molar-refractivity contribution in [3.05, 3.63) is 28.9 Å². The highest BCUT2D eigenvalue weighted by atomic mass is 32.1. The Labute approximate surface area is 110 Å². The SMILES string of the molecule is S=c1nc2c(c(-c3cnccn3)[nH]1)CCCCN2. The van der Waals surface area contributed by atoms with Crippen LogP contribution in [0.25, 0.3) is 11.4 Å².